The van der Waals surface area contributed by atoms with E-state index in [4.69, 9.17) is 0 Å². The van der Waals surface area contributed by atoms with Crippen LogP contribution in [0.2, 0.25) is 0 Å². The van der Waals surface area contributed by atoms with Crippen LogP contribution in [0.5, 0.6) is 5.75 Å². The molecule has 86 valence electrons. The van der Waals surface area contributed by atoms with E-state index in [1.54, 1.807) is 0 Å². The Hall–Kier alpha value is -1.02. The lowest BCUT2D eigenvalue weighted by Crippen LogP contribution is -2.28. The molecular formula is C14H19NO. The summed E-state index contributed by atoms with van der Waals surface area (Å²) in [5.41, 5.74) is 2.79. The van der Waals surface area contributed by atoms with Crippen LogP contribution in [-0.4, -0.2) is 17.7 Å². The maximum absolute atomic E-state index is 9.43. The zero-order valence-electron chi connectivity index (χ0n) is 9.58. The van der Waals surface area contributed by atoms with Gasteiger partial charge >= 0.3 is 0 Å². The number of phenols is 1. The van der Waals surface area contributed by atoms with Crippen molar-refractivity contribution in [2.24, 2.45) is 5.92 Å². The van der Waals surface area contributed by atoms with E-state index in [9.17, 15) is 5.11 Å². The summed E-state index contributed by atoms with van der Waals surface area (Å²) in [6, 6.07) is 6.66. The summed E-state index contributed by atoms with van der Waals surface area (Å²) < 4.78 is 0. The van der Waals surface area contributed by atoms with E-state index < -0.39 is 0 Å². The summed E-state index contributed by atoms with van der Waals surface area (Å²) in [7, 11) is 0. The van der Waals surface area contributed by atoms with Crippen molar-refractivity contribution in [2.75, 3.05) is 6.54 Å². The second-order valence-corrected chi connectivity index (χ2v) is 5.24. The summed E-state index contributed by atoms with van der Waals surface area (Å²) >= 11 is 0. The average molecular weight is 217 g/mol. The van der Waals surface area contributed by atoms with Crippen LogP contribution in [0.1, 0.15) is 30.4 Å². The quantitative estimate of drug-likeness (QED) is 0.814. The molecule has 0 bridgehead atoms. The maximum atomic E-state index is 9.43. The highest BCUT2D eigenvalue weighted by molar-refractivity contribution is 5.36. The summed E-state index contributed by atoms with van der Waals surface area (Å²) in [5.74, 6) is 1.20. The van der Waals surface area contributed by atoms with Gasteiger partial charge in [0.25, 0.3) is 0 Å². The third-order valence-electron chi connectivity index (χ3n) is 3.79. The molecule has 0 saturated heterocycles. The molecule has 2 aliphatic rings. The lowest BCUT2D eigenvalue weighted by atomic mass is 9.84. The molecule has 2 aliphatic carbocycles. The summed E-state index contributed by atoms with van der Waals surface area (Å²) in [6.45, 7) is 1.17. The van der Waals surface area contributed by atoms with Crippen molar-refractivity contribution in [3.8, 4) is 5.75 Å². The first kappa shape index (κ1) is 10.2. The second-order valence-electron chi connectivity index (χ2n) is 5.24. The van der Waals surface area contributed by atoms with E-state index in [1.165, 1.54) is 43.4 Å². The van der Waals surface area contributed by atoms with Gasteiger partial charge in [0, 0.05) is 6.04 Å². The van der Waals surface area contributed by atoms with Gasteiger partial charge in [-0.1, -0.05) is 6.07 Å². The number of hydrogen-bond donors (Lipinski definition) is 2. The first-order valence-electron chi connectivity index (χ1n) is 6.35. The largest absolute Gasteiger partial charge is 0.508 e. The average Bonchev–Trinajstić information content (AvgIpc) is 3.10. The number of aromatic hydroxyl groups is 1. The SMILES string of the molecule is Oc1ccc2c(c1)CCC(CNC1CC1)C2. The Morgan fingerprint density at radius 3 is 2.88 bits per heavy atom. The molecule has 0 aliphatic heterocycles. The van der Waals surface area contributed by atoms with Crippen LogP contribution in [0, 0.1) is 5.92 Å². The van der Waals surface area contributed by atoms with Crippen molar-refractivity contribution in [3.63, 3.8) is 0 Å². The van der Waals surface area contributed by atoms with Crippen LogP contribution < -0.4 is 5.32 Å². The number of hydrogen-bond acceptors (Lipinski definition) is 2. The van der Waals surface area contributed by atoms with E-state index in [-0.39, 0.29) is 0 Å². The van der Waals surface area contributed by atoms with Crippen molar-refractivity contribution in [1.29, 1.82) is 0 Å². The van der Waals surface area contributed by atoms with Gasteiger partial charge in [0.15, 0.2) is 0 Å². The van der Waals surface area contributed by atoms with Gasteiger partial charge in [-0.25, -0.2) is 0 Å². The van der Waals surface area contributed by atoms with Gasteiger partial charge in [0.2, 0.25) is 0 Å². The molecule has 16 heavy (non-hydrogen) atoms. The van der Waals surface area contributed by atoms with Gasteiger partial charge in [-0.2, -0.15) is 0 Å². The summed E-state index contributed by atoms with van der Waals surface area (Å²) in [4.78, 5) is 0. The van der Waals surface area contributed by atoms with E-state index in [0.717, 1.165) is 18.4 Å². The Morgan fingerprint density at radius 1 is 1.19 bits per heavy atom. The van der Waals surface area contributed by atoms with E-state index in [2.05, 4.69) is 11.4 Å². The van der Waals surface area contributed by atoms with Gasteiger partial charge in [0.1, 0.15) is 5.75 Å². The molecule has 0 radical (unpaired) electrons. The number of aryl methyl sites for hydroxylation is 1. The molecule has 1 fully saturated rings. The number of benzene rings is 1. The molecule has 1 aromatic carbocycles. The molecular weight excluding hydrogens is 198 g/mol. The standard InChI is InChI=1S/C14H19NO/c16-14-6-3-11-7-10(1-2-12(11)8-14)9-15-13-4-5-13/h3,6,8,10,13,15-16H,1-2,4-5,7,9H2. The molecule has 1 atom stereocenters. The minimum atomic E-state index is 0.410. The molecule has 3 rings (SSSR count). The van der Waals surface area contributed by atoms with Crippen LogP contribution in [0.3, 0.4) is 0 Å². The molecule has 2 heteroatoms. The molecule has 2 nitrogen and oxygen atoms in total. The lowest BCUT2D eigenvalue weighted by molar-refractivity contribution is 0.420. The van der Waals surface area contributed by atoms with Crippen LogP contribution in [0.15, 0.2) is 18.2 Å². The highest BCUT2D eigenvalue weighted by atomic mass is 16.3. The Bertz CT molecular complexity index is 384. The second kappa shape index (κ2) is 4.10. The summed E-state index contributed by atoms with van der Waals surface area (Å²) in [6.07, 6.45) is 6.31. The van der Waals surface area contributed by atoms with Crippen molar-refractivity contribution in [1.82, 2.24) is 5.32 Å². The van der Waals surface area contributed by atoms with Gasteiger partial charge in [-0.3, -0.25) is 0 Å². The van der Waals surface area contributed by atoms with Crippen molar-refractivity contribution < 1.29 is 5.11 Å². The Balaban J connectivity index is 1.63. The highest BCUT2D eigenvalue weighted by Gasteiger charge is 2.24. The fourth-order valence-electron chi connectivity index (χ4n) is 2.61. The van der Waals surface area contributed by atoms with Gasteiger partial charge in [-0.15, -0.1) is 0 Å². The topological polar surface area (TPSA) is 32.3 Å². The molecule has 0 heterocycles. The zero-order valence-corrected chi connectivity index (χ0v) is 9.58. The molecule has 2 N–H and O–H groups in total. The number of rotatable bonds is 3. The highest BCUT2D eigenvalue weighted by Crippen LogP contribution is 2.28. The third kappa shape index (κ3) is 2.22. The zero-order chi connectivity index (χ0) is 11.0. The molecule has 1 saturated carbocycles. The van der Waals surface area contributed by atoms with Crippen molar-refractivity contribution in [3.05, 3.63) is 29.3 Å². The van der Waals surface area contributed by atoms with Crippen LogP contribution in [0.25, 0.3) is 0 Å². The summed E-state index contributed by atoms with van der Waals surface area (Å²) in [5, 5.41) is 13.0. The first-order valence-corrected chi connectivity index (χ1v) is 6.35. The van der Waals surface area contributed by atoms with E-state index >= 15 is 0 Å². The lowest BCUT2D eigenvalue weighted by Gasteiger charge is -2.25. The monoisotopic (exact) mass is 217 g/mol. The van der Waals surface area contributed by atoms with E-state index in [1.807, 2.05) is 12.1 Å². The molecule has 1 unspecified atom stereocenters. The van der Waals surface area contributed by atoms with Crippen molar-refractivity contribution in [2.45, 2.75) is 38.1 Å². The Morgan fingerprint density at radius 2 is 2.06 bits per heavy atom. The fraction of sp³-hybridized carbons (Fsp3) is 0.571. The normalized spacial score (nSPS) is 24.1. The first-order chi connectivity index (χ1) is 7.81. The van der Waals surface area contributed by atoms with Crippen LogP contribution in [-0.2, 0) is 12.8 Å². The Kier molecular flexibility index (Phi) is 2.60. The molecule has 1 aromatic rings. The third-order valence-corrected chi connectivity index (χ3v) is 3.79. The van der Waals surface area contributed by atoms with Gasteiger partial charge in [0.05, 0.1) is 0 Å². The number of phenolic OH excluding ortho intramolecular Hbond substituents is 1. The molecule has 0 aromatic heterocycles. The minimum Gasteiger partial charge on any atom is -0.508 e. The molecule has 0 spiro atoms. The van der Waals surface area contributed by atoms with Crippen LogP contribution in [0.4, 0.5) is 0 Å². The maximum Gasteiger partial charge on any atom is 0.115 e. The minimum absolute atomic E-state index is 0.410. The molecule has 0 amide bonds. The number of fused-ring (bicyclic) bond motifs is 1. The number of nitrogens with one attached hydrogen (secondary N) is 1. The Labute approximate surface area is 96.7 Å². The fourth-order valence-corrected chi connectivity index (χ4v) is 2.61. The smallest absolute Gasteiger partial charge is 0.115 e. The van der Waals surface area contributed by atoms with Gasteiger partial charge in [-0.05, 0) is 67.8 Å². The van der Waals surface area contributed by atoms with E-state index in [0.29, 0.717) is 5.75 Å². The van der Waals surface area contributed by atoms with Gasteiger partial charge < -0.3 is 10.4 Å². The predicted molar refractivity (Wildman–Crippen MR) is 64.6 cm³/mol. The predicted octanol–water partition coefficient (Wildman–Crippen LogP) is 2.25. The van der Waals surface area contributed by atoms with Crippen LogP contribution >= 0.6 is 0 Å². The van der Waals surface area contributed by atoms with Crippen molar-refractivity contribution >= 4 is 0 Å².